The minimum absolute atomic E-state index is 0.247. The standard InChI is InChI=1S/C15H16N4O4S2/c1-16-15-11-9-10(7-8-12(11)17-18-15)19-25(22,23)14-6-4-3-5-13(14)24(2,20)21/h3-9,19H,1-2H3,(H2,16,17,18). The smallest absolute Gasteiger partial charge is 0.263 e. The molecule has 0 aliphatic heterocycles. The highest BCUT2D eigenvalue weighted by atomic mass is 32.2. The summed E-state index contributed by atoms with van der Waals surface area (Å²) in [5.74, 6) is 0.576. The molecule has 3 aromatic rings. The molecule has 0 radical (unpaired) electrons. The molecule has 3 rings (SSSR count). The molecule has 0 spiro atoms. The third kappa shape index (κ3) is 3.30. The lowest BCUT2D eigenvalue weighted by molar-refractivity contribution is 0.588. The van der Waals surface area contributed by atoms with E-state index in [2.05, 4.69) is 20.2 Å². The number of benzene rings is 2. The first-order valence-corrected chi connectivity index (χ1v) is 10.6. The van der Waals surface area contributed by atoms with Crippen molar-refractivity contribution in [2.75, 3.05) is 23.3 Å². The van der Waals surface area contributed by atoms with Gasteiger partial charge < -0.3 is 5.32 Å². The van der Waals surface area contributed by atoms with Gasteiger partial charge in [-0.2, -0.15) is 5.10 Å². The molecule has 132 valence electrons. The SMILES string of the molecule is CNc1n[nH]c2ccc(NS(=O)(=O)c3ccccc3S(C)(=O)=O)cc12. The molecular formula is C15H16N4O4S2. The monoisotopic (exact) mass is 380 g/mol. The quantitative estimate of drug-likeness (QED) is 0.621. The zero-order valence-electron chi connectivity index (χ0n) is 13.4. The van der Waals surface area contributed by atoms with Gasteiger partial charge >= 0.3 is 0 Å². The van der Waals surface area contributed by atoms with Gasteiger partial charge in [0.1, 0.15) is 4.90 Å². The van der Waals surface area contributed by atoms with Crippen LogP contribution in [0.3, 0.4) is 0 Å². The average molecular weight is 380 g/mol. The lowest BCUT2D eigenvalue weighted by atomic mass is 10.2. The van der Waals surface area contributed by atoms with Crippen molar-refractivity contribution in [3.05, 3.63) is 42.5 Å². The Balaban J connectivity index is 2.06. The summed E-state index contributed by atoms with van der Waals surface area (Å²) in [5.41, 5.74) is 1.04. The molecule has 1 heterocycles. The van der Waals surface area contributed by atoms with Crippen molar-refractivity contribution >= 4 is 42.3 Å². The summed E-state index contributed by atoms with van der Waals surface area (Å²) in [6, 6.07) is 10.3. The number of rotatable bonds is 5. The molecule has 0 atom stereocenters. The van der Waals surface area contributed by atoms with Crippen LogP contribution >= 0.6 is 0 Å². The van der Waals surface area contributed by atoms with E-state index in [1.54, 1.807) is 25.2 Å². The van der Waals surface area contributed by atoms with Gasteiger partial charge in [-0.05, 0) is 30.3 Å². The maximum atomic E-state index is 12.7. The van der Waals surface area contributed by atoms with Gasteiger partial charge in [0.05, 0.1) is 10.4 Å². The van der Waals surface area contributed by atoms with Crippen LogP contribution in [0.4, 0.5) is 11.5 Å². The van der Waals surface area contributed by atoms with Crippen LogP contribution in [-0.4, -0.2) is 40.3 Å². The zero-order chi connectivity index (χ0) is 18.2. The highest BCUT2D eigenvalue weighted by molar-refractivity contribution is 7.95. The highest BCUT2D eigenvalue weighted by Crippen LogP contribution is 2.27. The van der Waals surface area contributed by atoms with Crippen LogP contribution in [0.25, 0.3) is 10.9 Å². The molecule has 0 unspecified atom stereocenters. The molecule has 2 aromatic carbocycles. The molecule has 3 N–H and O–H groups in total. The first-order chi connectivity index (χ1) is 11.7. The van der Waals surface area contributed by atoms with Crippen molar-refractivity contribution in [1.29, 1.82) is 0 Å². The molecule has 0 aliphatic carbocycles. The normalized spacial score (nSPS) is 12.2. The second kappa shape index (κ2) is 6.05. The Bertz CT molecular complexity index is 1150. The molecule has 1 aromatic heterocycles. The molecule has 0 bridgehead atoms. The molecule has 0 fully saturated rings. The molecule has 0 amide bonds. The Morgan fingerprint density at radius 2 is 1.68 bits per heavy atom. The number of aromatic nitrogens is 2. The number of sulfonamides is 1. The second-order valence-electron chi connectivity index (χ2n) is 5.41. The maximum absolute atomic E-state index is 12.7. The minimum atomic E-state index is -4.08. The summed E-state index contributed by atoms with van der Waals surface area (Å²) >= 11 is 0. The predicted octanol–water partition coefficient (Wildman–Crippen LogP) is 1.81. The van der Waals surface area contributed by atoms with Gasteiger partial charge in [-0.15, -0.1) is 0 Å². The number of hydrogen-bond acceptors (Lipinski definition) is 6. The lowest BCUT2D eigenvalue weighted by Crippen LogP contribution is -2.16. The van der Waals surface area contributed by atoms with E-state index in [-0.39, 0.29) is 9.79 Å². The number of fused-ring (bicyclic) bond motifs is 1. The number of aromatic amines is 1. The van der Waals surface area contributed by atoms with Gasteiger partial charge in [0.25, 0.3) is 10.0 Å². The zero-order valence-corrected chi connectivity index (χ0v) is 15.1. The average Bonchev–Trinajstić information content (AvgIpc) is 2.96. The third-order valence-corrected chi connectivity index (χ3v) is 6.31. The van der Waals surface area contributed by atoms with Gasteiger partial charge in [-0.3, -0.25) is 9.82 Å². The van der Waals surface area contributed by atoms with Crippen LogP contribution in [-0.2, 0) is 19.9 Å². The van der Waals surface area contributed by atoms with Crippen molar-refractivity contribution in [2.45, 2.75) is 9.79 Å². The van der Waals surface area contributed by atoms with Crippen molar-refractivity contribution < 1.29 is 16.8 Å². The van der Waals surface area contributed by atoms with E-state index in [0.717, 1.165) is 11.8 Å². The number of hydrogen-bond donors (Lipinski definition) is 3. The predicted molar refractivity (Wildman–Crippen MR) is 96.0 cm³/mol. The van der Waals surface area contributed by atoms with Gasteiger partial charge in [-0.1, -0.05) is 12.1 Å². The fraction of sp³-hybridized carbons (Fsp3) is 0.133. The Labute approximate surface area is 145 Å². The molecule has 0 saturated carbocycles. The topological polar surface area (TPSA) is 121 Å². The van der Waals surface area contributed by atoms with Crippen LogP contribution < -0.4 is 10.0 Å². The van der Waals surface area contributed by atoms with Crippen molar-refractivity contribution in [3.8, 4) is 0 Å². The van der Waals surface area contributed by atoms with Crippen LogP contribution in [0.5, 0.6) is 0 Å². The molecular weight excluding hydrogens is 364 g/mol. The molecule has 0 saturated heterocycles. The van der Waals surface area contributed by atoms with Gasteiger partial charge in [-0.25, -0.2) is 16.8 Å². The molecule has 10 heteroatoms. The van der Waals surface area contributed by atoms with E-state index >= 15 is 0 Å². The van der Waals surface area contributed by atoms with Crippen LogP contribution in [0.15, 0.2) is 52.3 Å². The Hall–Kier alpha value is -2.59. The Morgan fingerprint density at radius 3 is 2.32 bits per heavy atom. The molecule has 25 heavy (non-hydrogen) atoms. The van der Waals surface area contributed by atoms with E-state index < -0.39 is 19.9 Å². The van der Waals surface area contributed by atoms with Gasteiger partial charge in [0.2, 0.25) is 0 Å². The number of sulfone groups is 1. The third-order valence-electron chi connectivity index (χ3n) is 3.59. The minimum Gasteiger partial charge on any atom is -0.371 e. The molecule has 8 nitrogen and oxygen atoms in total. The van der Waals surface area contributed by atoms with Gasteiger partial charge in [0, 0.05) is 24.4 Å². The van der Waals surface area contributed by atoms with E-state index in [1.807, 2.05) is 0 Å². The van der Waals surface area contributed by atoms with Gasteiger partial charge in [0.15, 0.2) is 15.7 Å². The molecule has 0 aliphatic rings. The summed E-state index contributed by atoms with van der Waals surface area (Å²) in [5, 5.41) is 10.5. The maximum Gasteiger partial charge on any atom is 0.263 e. The summed E-state index contributed by atoms with van der Waals surface area (Å²) in [6.45, 7) is 0. The van der Waals surface area contributed by atoms with E-state index in [1.165, 1.54) is 24.3 Å². The van der Waals surface area contributed by atoms with E-state index in [4.69, 9.17) is 0 Å². The number of H-pyrrole nitrogens is 1. The van der Waals surface area contributed by atoms with Crippen molar-refractivity contribution in [3.63, 3.8) is 0 Å². The number of nitrogens with one attached hydrogen (secondary N) is 3. The first-order valence-electron chi connectivity index (χ1n) is 7.20. The van der Waals surface area contributed by atoms with Crippen LogP contribution in [0.2, 0.25) is 0 Å². The van der Waals surface area contributed by atoms with Crippen molar-refractivity contribution in [2.24, 2.45) is 0 Å². The summed E-state index contributed by atoms with van der Waals surface area (Å²) in [7, 11) is -6.06. The lowest BCUT2D eigenvalue weighted by Gasteiger charge is -2.11. The summed E-state index contributed by atoms with van der Waals surface area (Å²) in [6.07, 6.45) is 0.970. The van der Waals surface area contributed by atoms with E-state index in [0.29, 0.717) is 16.9 Å². The number of anilines is 2. The fourth-order valence-electron chi connectivity index (χ4n) is 2.46. The van der Waals surface area contributed by atoms with Crippen LogP contribution in [0.1, 0.15) is 0 Å². The summed E-state index contributed by atoms with van der Waals surface area (Å²) in [4.78, 5) is -0.540. The first kappa shape index (κ1) is 17.2. The van der Waals surface area contributed by atoms with Crippen LogP contribution in [0, 0.1) is 0 Å². The van der Waals surface area contributed by atoms with Crippen molar-refractivity contribution in [1.82, 2.24) is 10.2 Å². The largest absolute Gasteiger partial charge is 0.371 e. The highest BCUT2D eigenvalue weighted by Gasteiger charge is 2.23. The number of nitrogens with zero attached hydrogens (tertiary/aromatic N) is 1. The fourth-order valence-corrected chi connectivity index (χ4v) is 5.14. The van der Waals surface area contributed by atoms with E-state index in [9.17, 15) is 16.8 Å². The second-order valence-corrected chi connectivity index (χ2v) is 9.04. The summed E-state index contributed by atoms with van der Waals surface area (Å²) < 4.78 is 51.5. The Morgan fingerprint density at radius 1 is 1.00 bits per heavy atom. The Kier molecular flexibility index (Phi) is 4.17.